The summed E-state index contributed by atoms with van der Waals surface area (Å²) in [5.41, 5.74) is 0.818. The van der Waals surface area contributed by atoms with Gasteiger partial charge in [0.25, 0.3) is 0 Å². The molecule has 0 radical (unpaired) electrons. The maximum Gasteiger partial charge on any atom is 0.328 e. The molecule has 1 saturated carbocycles. The highest BCUT2D eigenvalue weighted by molar-refractivity contribution is 7.89. The molecule has 0 aliphatic heterocycles. The summed E-state index contributed by atoms with van der Waals surface area (Å²) in [6, 6.07) is 4.87. The molecule has 6 heteroatoms. The normalized spacial score (nSPS) is 17.6. The van der Waals surface area contributed by atoms with Crippen LogP contribution >= 0.6 is 0 Å². The Hall–Kier alpha value is -1.66. The van der Waals surface area contributed by atoms with Crippen molar-refractivity contribution in [1.29, 1.82) is 0 Å². The van der Waals surface area contributed by atoms with E-state index in [1.165, 1.54) is 12.1 Å². The van der Waals surface area contributed by atoms with E-state index in [9.17, 15) is 13.2 Å². The van der Waals surface area contributed by atoms with Crippen LogP contribution in [-0.2, 0) is 14.8 Å². The van der Waals surface area contributed by atoms with Crippen molar-refractivity contribution in [3.63, 3.8) is 0 Å². The number of rotatable bonds is 5. The highest BCUT2D eigenvalue weighted by Crippen LogP contribution is 2.33. The molecular weight excluding hydrogens is 290 g/mol. The van der Waals surface area contributed by atoms with Crippen molar-refractivity contribution in [2.45, 2.75) is 43.5 Å². The van der Waals surface area contributed by atoms with Crippen LogP contribution in [0.2, 0.25) is 0 Å². The number of carboxylic acid groups (broad SMARTS) is 1. The molecule has 0 atom stereocenters. The maximum atomic E-state index is 12.5. The van der Waals surface area contributed by atoms with E-state index in [1.807, 2.05) is 6.92 Å². The van der Waals surface area contributed by atoms with Crippen molar-refractivity contribution in [3.8, 4) is 0 Å². The summed E-state index contributed by atoms with van der Waals surface area (Å²) >= 11 is 0. The molecule has 0 unspecified atom stereocenters. The molecule has 0 heterocycles. The average Bonchev–Trinajstić information content (AvgIpc) is 2.35. The third-order valence-electron chi connectivity index (χ3n) is 3.76. The molecule has 0 spiro atoms. The summed E-state index contributed by atoms with van der Waals surface area (Å²) in [4.78, 5) is 10.7. The van der Waals surface area contributed by atoms with Crippen LogP contribution in [0.25, 0.3) is 6.08 Å². The number of nitrogens with one attached hydrogen (secondary N) is 1. The van der Waals surface area contributed by atoms with Crippen molar-refractivity contribution in [2.75, 3.05) is 0 Å². The van der Waals surface area contributed by atoms with Gasteiger partial charge in [-0.3, -0.25) is 0 Å². The van der Waals surface area contributed by atoms with Crippen LogP contribution in [0.4, 0.5) is 0 Å². The molecule has 5 nitrogen and oxygen atoms in total. The van der Waals surface area contributed by atoms with Crippen molar-refractivity contribution < 1.29 is 18.3 Å². The molecule has 0 saturated heterocycles. The van der Waals surface area contributed by atoms with E-state index < -0.39 is 16.0 Å². The Bertz CT molecular complexity index is 688. The third kappa shape index (κ3) is 3.71. The maximum absolute atomic E-state index is 12.5. The predicted octanol–water partition coefficient (Wildman–Crippen LogP) is 2.31. The Balaban J connectivity index is 2.33. The smallest absolute Gasteiger partial charge is 0.328 e. The van der Waals surface area contributed by atoms with Gasteiger partial charge in [-0.1, -0.05) is 12.1 Å². The highest BCUT2D eigenvalue weighted by atomic mass is 32.2. The van der Waals surface area contributed by atoms with Crippen molar-refractivity contribution >= 4 is 22.1 Å². The Kier molecular flexibility index (Phi) is 4.20. The van der Waals surface area contributed by atoms with Crippen LogP contribution in [0.3, 0.4) is 0 Å². The minimum atomic E-state index is -3.60. The molecule has 2 N–H and O–H groups in total. The SMILES string of the molecule is Cc1ccc(/C=C/C(=O)O)cc1S(=O)(=O)NC1(C)CCC1. The minimum Gasteiger partial charge on any atom is -0.478 e. The molecule has 1 aliphatic rings. The second kappa shape index (κ2) is 5.61. The predicted molar refractivity (Wildman–Crippen MR) is 80.4 cm³/mol. The fourth-order valence-corrected chi connectivity index (χ4v) is 4.11. The minimum absolute atomic E-state index is 0.197. The quantitative estimate of drug-likeness (QED) is 0.818. The van der Waals surface area contributed by atoms with E-state index >= 15 is 0 Å². The summed E-state index contributed by atoms with van der Waals surface area (Å²) < 4.78 is 27.8. The van der Waals surface area contributed by atoms with Crippen molar-refractivity contribution in [3.05, 3.63) is 35.4 Å². The average molecular weight is 309 g/mol. The lowest BCUT2D eigenvalue weighted by Crippen LogP contribution is -2.50. The third-order valence-corrected chi connectivity index (χ3v) is 5.54. The van der Waals surface area contributed by atoms with Gasteiger partial charge in [0.15, 0.2) is 0 Å². The lowest BCUT2D eigenvalue weighted by Gasteiger charge is -2.38. The number of carbonyl (C=O) groups is 1. The first-order valence-corrected chi connectivity index (χ1v) is 8.26. The molecule has 1 aromatic rings. The second-order valence-electron chi connectivity index (χ2n) is 5.72. The Labute approximate surface area is 124 Å². The topological polar surface area (TPSA) is 83.5 Å². The van der Waals surface area contributed by atoms with E-state index in [-0.39, 0.29) is 10.4 Å². The first-order chi connectivity index (χ1) is 9.72. The molecule has 0 aromatic heterocycles. The van der Waals surface area contributed by atoms with E-state index in [4.69, 9.17) is 5.11 Å². The largest absolute Gasteiger partial charge is 0.478 e. The molecule has 0 bridgehead atoms. The number of sulfonamides is 1. The van der Waals surface area contributed by atoms with Crippen LogP contribution in [0, 0.1) is 6.92 Å². The van der Waals surface area contributed by atoms with Crippen LogP contribution in [-0.4, -0.2) is 25.0 Å². The standard InChI is InChI=1S/C15H19NO4S/c1-11-4-5-12(6-7-14(17)18)10-13(11)21(19,20)16-15(2)8-3-9-15/h4-7,10,16H,3,8-9H2,1-2H3,(H,17,18)/b7-6+. The summed E-state index contributed by atoms with van der Waals surface area (Å²) in [5, 5.41) is 8.63. The molecule has 21 heavy (non-hydrogen) atoms. The zero-order valence-corrected chi connectivity index (χ0v) is 12.9. The van der Waals surface area contributed by atoms with E-state index in [0.29, 0.717) is 11.1 Å². The second-order valence-corrected chi connectivity index (χ2v) is 7.37. The monoisotopic (exact) mass is 309 g/mol. The highest BCUT2D eigenvalue weighted by Gasteiger charge is 2.36. The van der Waals surface area contributed by atoms with Gasteiger partial charge < -0.3 is 5.11 Å². The summed E-state index contributed by atoms with van der Waals surface area (Å²) in [5.74, 6) is -1.07. The van der Waals surface area contributed by atoms with Crippen LogP contribution < -0.4 is 4.72 Å². The summed E-state index contributed by atoms with van der Waals surface area (Å²) in [6.45, 7) is 3.62. The molecule has 0 amide bonds. The Morgan fingerprint density at radius 2 is 2.05 bits per heavy atom. The molecule has 1 aliphatic carbocycles. The van der Waals surface area contributed by atoms with Gasteiger partial charge in [-0.15, -0.1) is 0 Å². The number of hydrogen-bond acceptors (Lipinski definition) is 3. The molecule has 1 aromatic carbocycles. The van der Waals surface area contributed by atoms with Gasteiger partial charge in [0.2, 0.25) is 10.0 Å². The first-order valence-electron chi connectivity index (χ1n) is 6.78. The number of aliphatic carboxylic acids is 1. The van der Waals surface area contributed by atoms with Crippen molar-refractivity contribution in [2.24, 2.45) is 0 Å². The van der Waals surface area contributed by atoms with Gasteiger partial charge >= 0.3 is 5.97 Å². The lowest BCUT2D eigenvalue weighted by molar-refractivity contribution is -0.131. The Morgan fingerprint density at radius 1 is 1.38 bits per heavy atom. The molecule has 2 rings (SSSR count). The van der Waals surface area contributed by atoms with Crippen molar-refractivity contribution in [1.82, 2.24) is 4.72 Å². The summed E-state index contributed by atoms with van der Waals surface area (Å²) in [6.07, 6.45) is 5.07. The summed E-state index contributed by atoms with van der Waals surface area (Å²) in [7, 11) is -3.60. The molecular formula is C15H19NO4S. The van der Waals surface area contributed by atoms with Gasteiger partial charge in [-0.25, -0.2) is 17.9 Å². The van der Waals surface area contributed by atoms with E-state index in [0.717, 1.165) is 25.3 Å². The van der Waals surface area contributed by atoms with Gasteiger partial charge in [0, 0.05) is 11.6 Å². The molecule has 1 fully saturated rings. The zero-order chi connectivity index (χ0) is 15.7. The van der Waals surface area contributed by atoms with E-state index in [2.05, 4.69) is 4.72 Å². The zero-order valence-electron chi connectivity index (χ0n) is 12.1. The molecule has 114 valence electrons. The van der Waals surface area contributed by atoms with E-state index in [1.54, 1.807) is 19.1 Å². The number of carboxylic acids is 1. The number of hydrogen-bond donors (Lipinski definition) is 2. The first kappa shape index (κ1) is 15.7. The van der Waals surface area contributed by atoms with Gasteiger partial charge in [0.1, 0.15) is 0 Å². The van der Waals surface area contributed by atoms with Crippen LogP contribution in [0.15, 0.2) is 29.2 Å². The van der Waals surface area contributed by atoms with Gasteiger partial charge in [-0.05, 0) is 56.4 Å². The van der Waals surface area contributed by atoms with Crippen LogP contribution in [0.5, 0.6) is 0 Å². The fraction of sp³-hybridized carbons (Fsp3) is 0.400. The number of aryl methyl sites for hydroxylation is 1. The lowest BCUT2D eigenvalue weighted by atomic mass is 9.80. The fourth-order valence-electron chi connectivity index (χ4n) is 2.37. The van der Waals surface area contributed by atoms with Crippen LogP contribution in [0.1, 0.15) is 37.3 Å². The Morgan fingerprint density at radius 3 is 2.57 bits per heavy atom. The van der Waals surface area contributed by atoms with Gasteiger partial charge in [0.05, 0.1) is 4.90 Å². The van der Waals surface area contributed by atoms with Gasteiger partial charge in [-0.2, -0.15) is 0 Å². The number of benzene rings is 1.